The van der Waals surface area contributed by atoms with Gasteiger partial charge in [0.15, 0.2) is 0 Å². The first kappa shape index (κ1) is 16.0. The third-order valence-electron chi connectivity index (χ3n) is 1.71. The average molecular weight is 285 g/mol. The van der Waals surface area contributed by atoms with E-state index >= 15 is 0 Å². The predicted octanol–water partition coefficient (Wildman–Crippen LogP) is -1.63. The van der Waals surface area contributed by atoms with E-state index in [1.807, 2.05) is 0 Å². The fourth-order valence-corrected chi connectivity index (χ4v) is 3.65. The number of aliphatic carboxylic acids is 1. The molecule has 0 heterocycles. The van der Waals surface area contributed by atoms with Crippen LogP contribution < -0.4 is 5.32 Å². The molecule has 0 bridgehead atoms. The van der Waals surface area contributed by atoms with E-state index in [0.29, 0.717) is 0 Å². The van der Waals surface area contributed by atoms with E-state index in [9.17, 15) is 22.2 Å². The Morgan fingerprint density at radius 3 is 2.29 bits per heavy atom. The zero-order valence-electron chi connectivity index (χ0n) is 9.50. The quantitative estimate of drug-likeness (QED) is 0.580. The van der Waals surface area contributed by atoms with Gasteiger partial charge in [-0.3, -0.25) is 9.00 Å². The van der Waals surface area contributed by atoms with Gasteiger partial charge in [-0.05, 0) is 0 Å². The maximum atomic E-state index is 11.4. The minimum Gasteiger partial charge on any atom is -0.480 e. The van der Waals surface area contributed by atoms with Crippen LogP contribution in [0.5, 0.6) is 0 Å². The third kappa shape index (κ3) is 8.81. The van der Waals surface area contributed by atoms with Crippen molar-refractivity contribution < 1.29 is 27.3 Å². The molecule has 0 aliphatic heterocycles. The molecule has 0 spiro atoms. The molecule has 0 rings (SSSR count). The monoisotopic (exact) mass is 285 g/mol. The van der Waals surface area contributed by atoms with Crippen molar-refractivity contribution in [1.82, 2.24) is 5.32 Å². The molecule has 17 heavy (non-hydrogen) atoms. The van der Waals surface area contributed by atoms with Gasteiger partial charge in [0.25, 0.3) is 0 Å². The second-order valence-electron chi connectivity index (χ2n) is 3.53. The summed E-state index contributed by atoms with van der Waals surface area (Å²) in [5, 5.41) is 10.9. The zero-order chi connectivity index (χ0) is 13.6. The van der Waals surface area contributed by atoms with Gasteiger partial charge in [0.1, 0.15) is 15.9 Å². The zero-order valence-corrected chi connectivity index (χ0v) is 11.1. The number of hydrogen-bond donors (Lipinski definition) is 2. The standard InChI is InChI=1S/C8H15NO6S2/c1-6(10)9-7(8(11)12)5-16(13)3-4-17(2,14)15/h7H,3-5H2,1-2H3,(H,9,10)(H,11,12)/t7-,16?/m0/s1. The van der Waals surface area contributed by atoms with Crippen molar-refractivity contribution in [3.05, 3.63) is 0 Å². The number of carboxylic acids is 1. The number of carbonyl (C=O) groups is 2. The molecule has 9 heteroatoms. The first-order chi connectivity index (χ1) is 7.61. The number of nitrogens with one attached hydrogen (secondary N) is 1. The van der Waals surface area contributed by atoms with Gasteiger partial charge in [-0.25, -0.2) is 13.2 Å². The first-order valence-electron chi connectivity index (χ1n) is 4.64. The lowest BCUT2D eigenvalue weighted by atomic mass is 10.3. The van der Waals surface area contributed by atoms with Crippen molar-refractivity contribution in [1.29, 1.82) is 0 Å². The summed E-state index contributed by atoms with van der Waals surface area (Å²) in [7, 11) is -4.83. The molecule has 0 aliphatic carbocycles. The lowest BCUT2D eigenvalue weighted by Gasteiger charge is -2.12. The van der Waals surface area contributed by atoms with Crippen molar-refractivity contribution in [3.63, 3.8) is 0 Å². The van der Waals surface area contributed by atoms with Crippen molar-refractivity contribution in [2.24, 2.45) is 0 Å². The number of sulfone groups is 1. The molecule has 1 amide bonds. The molecule has 1 unspecified atom stereocenters. The van der Waals surface area contributed by atoms with Gasteiger partial charge in [0, 0.05) is 29.7 Å². The van der Waals surface area contributed by atoms with Gasteiger partial charge in [0.2, 0.25) is 5.91 Å². The molecule has 2 N–H and O–H groups in total. The van der Waals surface area contributed by atoms with Crippen LogP contribution in [0.2, 0.25) is 0 Å². The summed E-state index contributed by atoms with van der Waals surface area (Å²) >= 11 is 0. The van der Waals surface area contributed by atoms with E-state index < -0.39 is 38.6 Å². The molecule has 7 nitrogen and oxygen atoms in total. The highest BCUT2D eigenvalue weighted by Crippen LogP contribution is 1.94. The minimum atomic E-state index is -3.23. The van der Waals surface area contributed by atoms with Crippen molar-refractivity contribution in [2.75, 3.05) is 23.5 Å². The summed E-state index contributed by atoms with van der Waals surface area (Å²) in [6.07, 6.45) is 1.01. The number of hydrogen-bond acceptors (Lipinski definition) is 5. The molecule has 0 fully saturated rings. The molecule has 0 saturated carbocycles. The number of rotatable bonds is 7. The van der Waals surface area contributed by atoms with E-state index in [-0.39, 0.29) is 17.3 Å². The molecule has 0 aromatic heterocycles. The summed E-state index contributed by atoms with van der Waals surface area (Å²) in [6, 6.07) is -1.26. The van der Waals surface area contributed by atoms with Gasteiger partial charge >= 0.3 is 5.97 Å². The molecule has 100 valence electrons. The second kappa shape index (κ2) is 6.70. The van der Waals surface area contributed by atoms with Crippen molar-refractivity contribution >= 4 is 32.5 Å². The van der Waals surface area contributed by atoms with Crippen LogP contribution in [0.25, 0.3) is 0 Å². The topological polar surface area (TPSA) is 118 Å². The molecule has 0 aromatic carbocycles. The highest BCUT2D eigenvalue weighted by molar-refractivity contribution is 7.92. The predicted molar refractivity (Wildman–Crippen MR) is 62.8 cm³/mol. The van der Waals surface area contributed by atoms with Crippen LogP contribution in [-0.4, -0.2) is 59.2 Å². The van der Waals surface area contributed by atoms with Crippen LogP contribution in [0.1, 0.15) is 6.92 Å². The van der Waals surface area contributed by atoms with E-state index in [4.69, 9.17) is 5.11 Å². The summed E-state index contributed by atoms with van der Waals surface area (Å²) < 4.78 is 33.0. The Labute approximate surface area is 102 Å². The fourth-order valence-electron chi connectivity index (χ4n) is 0.934. The Morgan fingerprint density at radius 2 is 1.94 bits per heavy atom. The van der Waals surface area contributed by atoms with Gasteiger partial charge in [-0.1, -0.05) is 0 Å². The molecular formula is C8H15NO6S2. The number of carbonyl (C=O) groups excluding carboxylic acids is 1. The SMILES string of the molecule is CC(=O)N[C@@H](CS(=O)CCS(C)(=O)=O)C(=O)O. The maximum absolute atomic E-state index is 11.4. The lowest BCUT2D eigenvalue weighted by Crippen LogP contribution is -2.43. The Bertz CT molecular complexity index is 416. The van der Waals surface area contributed by atoms with Crippen LogP contribution in [0, 0.1) is 0 Å². The maximum Gasteiger partial charge on any atom is 0.327 e. The Kier molecular flexibility index (Phi) is 6.32. The minimum absolute atomic E-state index is 0.137. The molecule has 0 radical (unpaired) electrons. The van der Waals surface area contributed by atoms with Crippen molar-refractivity contribution in [2.45, 2.75) is 13.0 Å². The Balaban J connectivity index is 4.32. The van der Waals surface area contributed by atoms with Gasteiger partial charge in [0.05, 0.1) is 11.5 Å². The molecule has 2 atom stereocenters. The van der Waals surface area contributed by atoms with Crippen LogP contribution in [-0.2, 0) is 30.2 Å². The number of carboxylic acid groups (broad SMARTS) is 1. The normalized spacial score (nSPS) is 14.9. The van der Waals surface area contributed by atoms with Gasteiger partial charge < -0.3 is 10.4 Å². The fraction of sp³-hybridized carbons (Fsp3) is 0.750. The first-order valence-corrected chi connectivity index (χ1v) is 8.19. The van der Waals surface area contributed by atoms with E-state index in [0.717, 1.165) is 13.2 Å². The van der Waals surface area contributed by atoms with E-state index in [1.54, 1.807) is 0 Å². The molecule has 0 saturated heterocycles. The summed E-state index contributed by atoms with van der Waals surface area (Å²) in [6.45, 7) is 1.15. The molecular weight excluding hydrogens is 270 g/mol. The smallest absolute Gasteiger partial charge is 0.327 e. The largest absolute Gasteiger partial charge is 0.480 e. The third-order valence-corrected chi connectivity index (χ3v) is 4.28. The van der Waals surface area contributed by atoms with Crippen LogP contribution in [0.3, 0.4) is 0 Å². The average Bonchev–Trinajstić information content (AvgIpc) is 2.11. The van der Waals surface area contributed by atoms with Crippen LogP contribution in [0.4, 0.5) is 0 Å². The van der Waals surface area contributed by atoms with Gasteiger partial charge in [-0.15, -0.1) is 0 Å². The molecule has 0 aliphatic rings. The van der Waals surface area contributed by atoms with E-state index in [1.165, 1.54) is 0 Å². The van der Waals surface area contributed by atoms with Crippen LogP contribution in [0.15, 0.2) is 0 Å². The Morgan fingerprint density at radius 1 is 1.41 bits per heavy atom. The van der Waals surface area contributed by atoms with Crippen LogP contribution >= 0.6 is 0 Å². The highest BCUT2D eigenvalue weighted by atomic mass is 32.2. The van der Waals surface area contributed by atoms with Crippen molar-refractivity contribution in [3.8, 4) is 0 Å². The second-order valence-corrected chi connectivity index (χ2v) is 7.41. The Hall–Kier alpha value is -0.960. The summed E-state index contributed by atoms with van der Waals surface area (Å²) in [4.78, 5) is 21.4. The molecule has 0 aromatic rings. The highest BCUT2D eigenvalue weighted by Gasteiger charge is 2.21. The lowest BCUT2D eigenvalue weighted by molar-refractivity contribution is -0.140. The van der Waals surface area contributed by atoms with E-state index in [2.05, 4.69) is 5.32 Å². The number of amides is 1. The summed E-state index contributed by atoms with van der Waals surface area (Å²) in [5.41, 5.74) is 0. The van der Waals surface area contributed by atoms with Gasteiger partial charge in [-0.2, -0.15) is 0 Å². The summed E-state index contributed by atoms with van der Waals surface area (Å²) in [5.74, 6) is -2.55.